The number of nitrogens with zero attached hydrogens (tertiary/aromatic N) is 9. The molecule has 12 aliphatic rings. The predicted molar refractivity (Wildman–Crippen MR) is 540 cm³/mol. The van der Waals surface area contributed by atoms with E-state index in [2.05, 4.69) is 95.4 Å². The summed E-state index contributed by atoms with van der Waals surface area (Å²) in [6, 6.07) is 20.5. The van der Waals surface area contributed by atoms with Gasteiger partial charge in [0.05, 0.1) is 147 Å². The molecule has 4 bridgehead atoms. The molecule has 7 aromatic heterocycles. The van der Waals surface area contributed by atoms with Crippen molar-refractivity contribution in [2.45, 2.75) is 217 Å². The average Bonchev–Trinajstić information content (AvgIpc) is 0.778. The Balaban J connectivity index is 0.000000106. The molecule has 14 aromatic rings. The SMILES string of the molecule is CC1(C(O)c2c(F)c(Cl)c(F)c3cn[nH]c23)CC(F)(F)C1.CC1(C(O)c2c(F)c(Cl)cc3cn[nH]c23)CC(F)(F)C1.CC1(C(O)c2cc(Cl)cc3cn[nH]c23)CCC1.COc1cc(C(O)C2(C)CCCCC2)c2[nH]ncc2c1.CS(=O)(=O)N1CC=C(c2cc(Cl)cc3cn[nH]c23)CC1.O=C1NCCC12CCN(c1cc(Cl)cc3cn[nH]c13)CC2.OC1(c2cc(Cl)cc3cn[nH]c23)CC2(C1)C1CC3CC(C1)CC2C3. The number of anilines is 1. The van der Waals surface area contributed by atoms with E-state index in [-0.39, 0.29) is 54.7 Å². The van der Waals surface area contributed by atoms with E-state index >= 15 is 0 Å². The fraction of sp³-hybridized carbons (Fsp3) is 0.495. The fourth-order valence-electron chi connectivity index (χ4n) is 25.5. The molecule has 10 heterocycles. The Labute approximate surface area is 849 Å². The lowest BCUT2D eigenvalue weighted by atomic mass is 9.36. The standard InChI is InChI=1S/C20H23ClN2O.C16H22N2O2.C15H17ClN4O.C13H11ClF4N2O.C13H12ClF3N2O.C13H14ClN3O2S.C13H15ClN2O/c21-16-6-13-8-22-23-18(13)17(7-16)20(24)9-19(10-20)14-2-11-1-12(4-14)5-15(19)3-11;1-16(6-4-3-5-7-16)15(19)13-9-12(20-2)8-11-10-17-18-14(11)13;16-11-7-10-9-18-19-13(10)12(8-11)20-5-2-15(3-6-20)1-4-17-14(15)21;1-12(3-13(17,18)4-12)11(21)6-9(16)7(14)8(15)5-2-19-20-10(5)6;1-12(4-13(16,17)5-12)11(20)8-9(15)7(14)2-6-3-18-19-10(6)8;1-20(18,19)17-4-2-9(3-5-17)12-7-11(14)6-10-8-15-16-13(10)12;1-13(3-2-4-13)12(17)10-6-9(14)5-8-7-15-16-11(8)10/h6-8,11-12,14-15,24H,1-5,9-10H2,(H,22,23);8-10,15,19H,3-7H2,1-2H3,(H,17,18);7-9H,1-6H2,(H,17,21)(H,18,19);2,11,21H,3-4H2,1H3,(H,19,20);2-3,11,20H,4-5H2,1H3,(H,18,19);2,6-8H,3-5H2,1H3,(H,15,16);5-7,12,17H,2-4H2,1H3,(H,15,16). The number of nitrogens with one attached hydrogen (secondary N) is 8. The first-order chi connectivity index (χ1) is 67.8. The summed E-state index contributed by atoms with van der Waals surface area (Å²) in [4.78, 5) is 14.4. The molecule has 26 rings (SSSR count). The first-order valence-corrected chi connectivity index (χ1v) is 52.6. The number of ether oxygens (including phenoxy) is 1. The number of amides is 1. The van der Waals surface area contributed by atoms with Gasteiger partial charge < -0.3 is 40.5 Å². The summed E-state index contributed by atoms with van der Waals surface area (Å²) in [7, 11) is -1.48. The maximum Gasteiger partial charge on any atom is 0.249 e. The number of aliphatic hydroxyl groups is 5. The Morgan fingerprint density at radius 1 is 0.469 bits per heavy atom. The topological polar surface area (TPSA) is 381 Å². The number of methoxy groups -OCH3 is 1. The maximum absolute atomic E-state index is 14.2. The van der Waals surface area contributed by atoms with Gasteiger partial charge in [0.2, 0.25) is 27.8 Å². The number of aromatic amines is 7. The van der Waals surface area contributed by atoms with Gasteiger partial charge in [-0.2, -0.15) is 40.0 Å². The summed E-state index contributed by atoms with van der Waals surface area (Å²) in [6.45, 7) is 10.7. The van der Waals surface area contributed by atoms with E-state index in [1.807, 2.05) is 66.7 Å². The third-order valence-corrected chi connectivity index (χ3v) is 35.9. The predicted octanol–water partition coefficient (Wildman–Crippen LogP) is 24.0. The number of piperidine rings is 1. The van der Waals surface area contributed by atoms with Crippen molar-refractivity contribution in [2.75, 3.05) is 51.0 Å². The number of carbonyl (C=O) groups is 1. The molecular weight excluding hydrogens is 2000 g/mol. The highest BCUT2D eigenvalue weighted by atomic mass is 35.5. The smallest absolute Gasteiger partial charge is 0.249 e. The molecule has 0 radical (unpaired) electrons. The summed E-state index contributed by atoms with van der Waals surface area (Å²) in [5.74, 6) is -3.97. The molecule has 143 heavy (non-hydrogen) atoms. The average molecular weight is 2110 g/mol. The minimum absolute atomic E-state index is 0.0112. The van der Waals surface area contributed by atoms with Crippen LogP contribution in [-0.4, -0.2) is 173 Å². The van der Waals surface area contributed by atoms with Gasteiger partial charge in [-0.05, 0) is 209 Å². The van der Waals surface area contributed by atoms with Crippen molar-refractivity contribution in [3.63, 3.8) is 0 Å². The monoisotopic (exact) mass is 2110 g/mol. The van der Waals surface area contributed by atoms with Crippen LogP contribution >= 0.6 is 69.6 Å². The van der Waals surface area contributed by atoms with Crippen LogP contribution in [0.1, 0.15) is 233 Å². The number of sulfonamides is 1. The molecule has 9 saturated carbocycles. The summed E-state index contributed by atoms with van der Waals surface area (Å²) in [6.07, 6.45) is 30.1. The lowest BCUT2D eigenvalue weighted by molar-refractivity contribution is -0.240. The lowest BCUT2D eigenvalue weighted by Gasteiger charge is -2.69. The van der Waals surface area contributed by atoms with E-state index in [9.17, 15) is 69.5 Å². The zero-order chi connectivity index (χ0) is 101. The second-order valence-electron chi connectivity index (χ2n) is 43.0. The van der Waals surface area contributed by atoms with Crippen molar-refractivity contribution in [3.05, 3.63) is 197 Å². The van der Waals surface area contributed by atoms with Gasteiger partial charge in [-0.15, -0.1) is 0 Å². The number of alkyl halides is 4. The number of carbonyl (C=O) groups excluding carboxylic acids is 1. The normalized spacial score (nSPS) is 24.6. The quantitative estimate of drug-likeness (QED) is 0.0377. The maximum atomic E-state index is 14.2. The Morgan fingerprint density at radius 3 is 1.43 bits per heavy atom. The highest BCUT2D eigenvalue weighted by Crippen LogP contribution is 2.74. The van der Waals surface area contributed by atoms with E-state index in [1.54, 1.807) is 38.1 Å². The van der Waals surface area contributed by atoms with Gasteiger partial charge >= 0.3 is 0 Å². The molecule has 2 saturated heterocycles. The number of aromatic nitrogens is 14. The molecule has 4 atom stereocenters. The van der Waals surface area contributed by atoms with Gasteiger partial charge in [0.15, 0.2) is 11.6 Å². The van der Waals surface area contributed by atoms with Crippen molar-refractivity contribution >= 4 is 173 Å². The molecule has 26 nitrogen and oxygen atoms in total. The van der Waals surface area contributed by atoms with Gasteiger partial charge in [0, 0.05) is 155 Å². The lowest BCUT2D eigenvalue weighted by Crippen LogP contribution is -2.63. The number of aliphatic hydroxyl groups excluding tert-OH is 4. The van der Waals surface area contributed by atoms with Crippen LogP contribution in [0.15, 0.2) is 116 Å². The molecule has 7 aromatic carbocycles. The van der Waals surface area contributed by atoms with Crippen LogP contribution in [0.4, 0.5) is 36.4 Å². The molecule has 13 N–H and O–H groups in total. The van der Waals surface area contributed by atoms with Crippen molar-refractivity contribution in [3.8, 4) is 5.75 Å². The van der Waals surface area contributed by atoms with Crippen LogP contribution in [0.5, 0.6) is 5.75 Å². The van der Waals surface area contributed by atoms with Crippen molar-refractivity contribution in [1.82, 2.24) is 81.0 Å². The van der Waals surface area contributed by atoms with E-state index in [0.717, 1.165) is 206 Å². The van der Waals surface area contributed by atoms with Gasteiger partial charge in [0.25, 0.3) is 0 Å². The Hall–Kier alpha value is -9.40. The number of halogens is 13. The van der Waals surface area contributed by atoms with Crippen LogP contribution in [-0.2, 0) is 20.4 Å². The Kier molecular flexibility index (Phi) is 27.9. The van der Waals surface area contributed by atoms with Gasteiger partial charge in [0.1, 0.15) is 16.6 Å². The number of hydrogen-bond acceptors (Lipinski definition) is 17. The summed E-state index contributed by atoms with van der Waals surface area (Å²) in [5, 5.41) is 112. The van der Waals surface area contributed by atoms with E-state index < -0.39 is 111 Å². The van der Waals surface area contributed by atoms with E-state index in [1.165, 1.54) is 94.5 Å². The number of rotatable bonds is 13. The zero-order valence-corrected chi connectivity index (χ0v) is 85.0. The molecule has 11 fully saturated rings. The van der Waals surface area contributed by atoms with Crippen LogP contribution < -0.4 is 15.0 Å². The minimum Gasteiger partial charge on any atom is -0.497 e. The molecule has 9 aliphatic carbocycles. The number of fused-ring (bicyclic) bond motifs is 7. The Morgan fingerprint density at radius 2 is 0.923 bits per heavy atom. The van der Waals surface area contributed by atoms with Crippen LogP contribution in [0.25, 0.3) is 81.9 Å². The first-order valence-electron chi connectivity index (χ1n) is 48.5. The first kappa shape index (κ1) is 102. The molecular formula is C103H114Cl6F7N17O9S. The van der Waals surface area contributed by atoms with Gasteiger partial charge in [-0.25, -0.2) is 39.2 Å². The van der Waals surface area contributed by atoms with Gasteiger partial charge in [-0.1, -0.05) is 129 Å². The molecule has 3 aliphatic heterocycles. The molecule has 1 amide bonds. The summed E-state index contributed by atoms with van der Waals surface area (Å²) < 4.78 is 124. The van der Waals surface area contributed by atoms with Crippen molar-refractivity contribution in [2.24, 2.45) is 56.2 Å². The number of benzene rings is 7. The largest absolute Gasteiger partial charge is 0.497 e. The van der Waals surface area contributed by atoms with Crippen LogP contribution in [0.2, 0.25) is 30.1 Å². The molecule has 2 spiro atoms. The highest BCUT2D eigenvalue weighted by Gasteiger charge is 2.67. The van der Waals surface area contributed by atoms with Crippen molar-refractivity contribution < 1.29 is 74.2 Å². The minimum atomic E-state index is -3.13. The number of H-pyrrole nitrogens is 7. The number of hydrogen-bond donors (Lipinski definition) is 13. The third kappa shape index (κ3) is 19.6. The second-order valence-corrected chi connectivity index (χ2v) is 47.5. The second kappa shape index (κ2) is 39.0. The summed E-state index contributed by atoms with van der Waals surface area (Å²) >= 11 is 36.1. The highest BCUT2D eigenvalue weighted by molar-refractivity contribution is 7.88. The van der Waals surface area contributed by atoms with Crippen LogP contribution in [0, 0.1) is 73.6 Å². The van der Waals surface area contributed by atoms with E-state index in [4.69, 9.17) is 74.3 Å². The van der Waals surface area contributed by atoms with Gasteiger partial charge in [-0.3, -0.25) is 40.5 Å². The zero-order valence-electron chi connectivity index (χ0n) is 79.6. The molecule has 762 valence electrons. The molecule has 40 heteroatoms. The summed E-state index contributed by atoms with van der Waals surface area (Å²) in [5.41, 5.74) is 7.63. The Bertz CT molecular complexity index is 7260. The third-order valence-electron chi connectivity index (χ3n) is 33.1. The van der Waals surface area contributed by atoms with E-state index in [0.29, 0.717) is 45.4 Å². The fourth-order valence-corrected chi connectivity index (χ4v) is 27.6. The van der Waals surface area contributed by atoms with Crippen molar-refractivity contribution in [1.29, 1.82) is 0 Å². The molecule has 4 unspecified atom stereocenters. The van der Waals surface area contributed by atoms with Crippen LogP contribution in [0.3, 0.4) is 0 Å².